The van der Waals surface area contributed by atoms with E-state index >= 15 is 0 Å². The van der Waals surface area contributed by atoms with Gasteiger partial charge in [0.05, 0.1) is 25.3 Å². The Bertz CT molecular complexity index is 605. The molecular formula is C17H17NO2S. The Morgan fingerprint density at radius 1 is 1.10 bits per heavy atom. The van der Waals surface area contributed by atoms with Gasteiger partial charge in [0.25, 0.3) is 0 Å². The molecule has 3 nitrogen and oxygen atoms in total. The average molecular weight is 299 g/mol. The van der Waals surface area contributed by atoms with E-state index in [2.05, 4.69) is 12.1 Å². The second kappa shape index (κ2) is 8.23. The van der Waals surface area contributed by atoms with E-state index in [4.69, 9.17) is 14.7 Å². The van der Waals surface area contributed by atoms with Crippen LogP contribution in [0, 0.1) is 11.3 Å². The summed E-state index contributed by atoms with van der Waals surface area (Å²) in [4.78, 5) is 1.15. The minimum absolute atomic E-state index is 0.647. The Labute approximate surface area is 129 Å². The highest BCUT2D eigenvalue weighted by Crippen LogP contribution is 2.28. The summed E-state index contributed by atoms with van der Waals surface area (Å²) in [7, 11) is 1.69. The molecule has 108 valence electrons. The zero-order valence-corrected chi connectivity index (χ0v) is 12.7. The third-order valence-corrected chi connectivity index (χ3v) is 4.01. The summed E-state index contributed by atoms with van der Waals surface area (Å²) < 4.78 is 11.0. The monoisotopic (exact) mass is 299 g/mol. The molecule has 0 spiro atoms. The predicted octanol–water partition coefficient (Wildman–Crippen LogP) is 4.13. The molecule has 0 radical (unpaired) electrons. The van der Waals surface area contributed by atoms with Crippen LogP contribution in [-0.4, -0.2) is 19.5 Å². The van der Waals surface area contributed by atoms with E-state index < -0.39 is 0 Å². The Morgan fingerprint density at radius 2 is 1.86 bits per heavy atom. The first kappa shape index (κ1) is 15.3. The molecule has 0 unspecified atom stereocenters. The molecule has 0 saturated carbocycles. The smallest absolute Gasteiger partial charge is 0.132 e. The summed E-state index contributed by atoms with van der Waals surface area (Å²) in [6, 6.07) is 17.3. The quantitative estimate of drug-likeness (QED) is 0.569. The molecule has 0 bridgehead atoms. The van der Waals surface area contributed by atoms with E-state index in [0.717, 1.165) is 28.6 Å². The molecule has 21 heavy (non-hydrogen) atoms. The highest BCUT2D eigenvalue weighted by atomic mass is 32.2. The van der Waals surface area contributed by atoms with Crippen molar-refractivity contribution in [3.05, 3.63) is 54.1 Å². The van der Waals surface area contributed by atoms with Gasteiger partial charge in [0.2, 0.25) is 0 Å². The Kier molecular flexibility index (Phi) is 5.99. The number of ether oxygens (including phenoxy) is 2. The highest BCUT2D eigenvalue weighted by molar-refractivity contribution is 7.99. The number of benzene rings is 2. The lowest BCUT2D eigenvalue weighted by molar-refractivity contribution is 0.318. The number of nitrogens with zero attached hydrogens (tertiary/aromatic N) is 1. The average Bonchev–Trinajstić information content (AvgIpc) is 2.55. The maximum atomic E-state index is 8.72. The molecule has 0 saturated heterocycles. The summed E-state index contributed by atoms with van der Waals surface area (Å²) in [5.41, 5.74) is 0.647. The largest absolute Gasteiger partial charge is 0.496 e. The molecular weight excluding hydrogens is 282 g/mol. The number of thioether (sulfide) groups is 1. The van der Waals surface area contributed by atoms with Crippen LogP contribution in [0.3, 0.4) is 0 Å². The van der Waals surface area contributed by atoms with Crippen LogP contribution in [0.25, 0.3) is 0 Å². The third kappa shape index (κ3) is 4.73. The zero-order valence-electron chi connectivity index (χ0n) is 11.9. The fraction of sp³-hybridized carbons (Fsp3) is 0.235. The Morgan fingerprint density at radius 3 is 2.57 bits per heavy atom. The van der Waals surface area contributed by atoms with Crippen molar-refractivity contribution in [2.45, 2.75) is 11.3 Å². The lowest BCUT2D eigenvalue weighted by Crippen LogP contribution is -1.98. The van der Waals surface area contributed by atoms with Crippen molar-refractivity contribution in [2.24, 2.45) is 0 Å². The first-order valence-corrected chi connectivity index (χ1v) is 7.71. The molecule has 0 amide bonds. The van der Waals surface area contributed by atoms with Crippen LogP contribution in [0.2, 0.25) is 0 Å². The molecule has 2 aromatic carbocycles. The molecule has 0 aliphatic rings. The third-order valence-electron chi connectivity index (χ3n) is 2.87. The van der Waals surface area contributed by atoms with Crippen molar-refractivity contribution in [2.75, 3.05) is 19.5 Å². The second-order valence-electron chi connectivity index (χ2n) is 4.34. The number of rotatable bonds is 7. The van der Waals surface area contributed by atoms with Gasteiger partial charge in [0.15, 0.2) is 0 Å². The fourth-order valence-electron chi connectivity index (χ4n) is 1.79. The summed E-state index contributed by atoms with van der Waals surface area (Å²) in [5.74, 6) is 2.68. The summed E-state index contributed by atoms with van der Waals surface area (Å²) in [5, 5.41) is 8.72. The van der Waals surface area contributed by atoms with Crippen molar-refractivity contribution < 1.29 is 9.47 Å². The fourth-order valence-corrected chi connectivity index (χ4v) is 2.75. The molecule has 0 atom stereocenters. The number of hydrogen-bond donors (Lipinski definition) is 0. The number of nitriles is 1. The maximum absolute atomic E-state index is 8.72. The van der Waals surface area contributed by atoms with Gasteiger partial charge in [-0.05, 0) is 42.8 Å². The van der Waals surface area contributed by atoms with Crippen LogP contribution in [0.4, 0.5) is 0 Å². The van der Waals surface area contributed by atoms with Gasteiger partial charge < -0.3 is 9.47 Å². The van der Waals surface area contributed by atoms with Gasteiger partial charge in [0, 0.05) is 10.6 Å². The molecule has 0 fully saturated rings. The van der Waals surface area contributed by atoms with E-state index in [1.165, 1.54) is 0 Å². The summed E-state index contributed by atoms with van der Waals surface area (Å²) in [6.07, 6.45) is 0.947. The van der Waals surface area contributed by atoms with Crippen LogP contribution in [-0.2, 0) is 0 Å². The molecule has 4 heteroatoms. The molecule has 0 aliphatic heterocycles. The second-order valence-corrected chi connectivity index (χ2v) is 5.47. The summed E-state index contributed by atoms with van der Waals surface area (Å²) in [6.45, 7) is 0.661. The maximum Gasteiger partial charge on any atom is 0.132 e. The van der Waals surface area contributed by atoms with E-state index in [1.807, 2.05) is 30.3 Å². The van der Waals surface area contributed by atoms with Gasteiger partial charge in [-0.25, -0.2) is 0 Å². The SMILES string of the molecule is COc1ccccc1SCCCOc1ccc(C#N)cc1. The van der Waals surface area contributed by atoms with Crippen LogP contribution >= 0.6 is 11.8 Å². The topological polar surface area (TPSA) is 42.2 Å². The Balaban J connectivity index is 1.71. The molecule has 0 aromatic heterocycles. The predicted molar refractivity (Wildman–Crippen MR) is 85.0 cm³/mol. The van der Waals surface area contributed by atoms with Crippen molar-refractivity contribution in [1.82, 2.24) is 0 Å². The summed E-state index contributed by atoms with van der Waals surface area (Å²) >= 11 is 1.76. The molecule has 2 rings (SSSR count). The molecule has 0 aliphatic carbocycles. The van der Waals surface area contributed by atoms with E-state index in [9.17, 15) is 0 Å². The van der Waals surface area contributed by atoms with Gasteiger partial charge >= 0.3 is 0 Å². The van der Waals surface area contributed by atoms with Gasteiger partial charge in [-0.2, -0.15) is 5.26 Å². The van der Waals surface area contributed by atoms with Crippen LogP contribution < -0.4 is 9.47 Å². The Hall–Kier alpha value is -2.12. The lowest BCUT2D eigenvalue weighted by Gasteiger charge is -2.08. The van der Waals surface area contributed by atoms with Crippen molar-refractivity contribution >= 4 is 11.8 Å². The van der Waals surface area contributed by atoms with Crippen LogP contribution in [0.15, 0.2) is 53.4 Å². The van der Waals surface area contributed by atoms with Gasteiger partial charge in [-0.3, -0.25) is 0 Å². The standard InChI is InChI=1S/C17H17NO2S/c1-19-16-5-2-3-6-17(16)21-12-4-11-20-15-9-7-14(13-18)8-10-15/h2-3,5-10H,4,11-12H2,1H3. The normalized spacial score (nSPS) is 9.90. The van der Waals surface area contributed by atoms with Crippen LogP contribution in [0.5, 0.6) is 11.5 Å². The van der Waals surface area contributed by atoms with Gasteiger partial charge in [-0.15, -0.1) is 11.8 Å². The molecule has 0 heterocycles. The van der Waals surface area contributed by atoms with Gasteiger partial charge in [0.1, 0.15) is 11.5 Å². The van der Waals surface area contributed by atoms with Crippen molar-refractivity contribution in [1.29, 1.82) is 5.26 Å². The van der Waals surface area contributed by atoms with E-state index in [0.29, 0.717) is 12.2 Å². The zero-order chi connectivity index (χ0) is 14.9. The minimum Gasteiger partial charge on any atom is -0.496 e. The van der Waals surface area contributed by atoms with E-state index in [1.54, 1.807) is 31.0 Å². The number of para-hydroxylation sites is 1. The first-order valence-electron chi connectivity index (χ1n) is 6.72. The van der Waals surface area contributed by atoms with E-state index in [-0.39, 0.29) is 0 Å². The highest BCUT2D eigenvalue weighted by Gasteiger charge is 2.02. The van der Waals surface area contributed by atoms with Crippen molar-refractivity contribution in [3.63, 3.8) is 0 Å². The van der Waals surface area contributed by atoms with Crippen LogP contribution in [0.1, 0.15) is 12.0 Å². The van der Waals surface area contributed by atoms with Gasteiger partial charge in [-0.1, -0.05) is 12.1 Å². The number of methoxy groups -OCH3 is 1. The molecule has 2 aromatic rings. The number of hydrogen-bond acceptors (Lipinski definition) is 4. The minimum atomic E-state index is 0.647. The van der Waals surface area contributed by atoms with Crippen molar-refractivity contribution in [3.8, 4) is 17.6 Å². The molecule has 0 N–H and O–H groups in total. The first-order chi connectivity index (χ1) is 10.3. The lowest BCUT2D eigenvalue weighted by atomic mass is 10.2.